The molecule has 29 heavy (non-hydrogen) atoms. The second kappa shape index (κ2) is 9.84. The summed E-state index contributed by atoms with van der Waals surface area (Å²) in [5, 5.41) is 0.407. The van der Waals surface area contributed by atoms with Crippen molar-refractivity contribution in [3.63, 3.8) is 0 Å². The van der Waals surface area contributed by atoms with Gasteiger partial charge in [0.1, 0.15) is 5.82 Å². The molecular formula is C19H23F2N5O2S. The van der Waals surface area contributed by atoms with E-state index in [1.165, 1.54) is 31.0 Å². The van der Waals surface area contributed by atoms with E-state index >= 15 is 0 Å². The average molecular weight is 423 g/mol. The van der Waals surface area contributed by atoms with Crippen molar-refractivity contribution >= 4 is 23.5 Å². The number of anilines is 1. The van der Waals surface area contributed by atoms with Gasteiger partial charge in [-0.3, -0.25) is 4.79 Å². The number of carbonyl (C=O) groups excluding carboxylic acids is 1. The minimum absolute atomic E-state index is 0.0563. The van der Waals surface area contributed by atoms with Gasteiger partial charge < -0.3 is 20.3 Å². The minimum Gasteiger partial charge on any atom is -0.481 e. The fourth-order valence-electron chi connectivity index (χ4n) is 2.99. The molecule has 0 unspecified atom stereocenters. The highest BCUT2D eigenvalue weighted by Crippen LogP contribution is 2.27. The van der Waals surface area contributed by atoms with Crippen molar-refractivity contribution in [3.8, 4) is 5.88 Å². The lowest BCUT2D eigenvalue weighted by molar-refractivity contribution is -0.131. The summed E-state index contributed by atoms with van der Waals surface area (Å²) in [6, 6.07) is 5.81. The predicted octanol–water partition coefficient (Wildman–Crippen LogP) is 2.05. The summed E-state index contributed by atoms with van der Waals surface area (Å²) in [5.74, 6) is -0.430. The van der Waals surface area contributed by atoms with Crippen LogP contribution in [-0.4, -0.2) is 60.6 Å². The molecule has 1 fully saturated rings. The van der Waals surface area contributed by atoms with Crippen LogP contribution in [0.15, 0.2) is 29.4 Å². The Kier molecular flexibility index (Phi) is 7.21. The molecule has 2 aromatic rings. The molecule has 0 bridgehead atoms. The zero-order valence-corrected chi connectivity index (χ0v) is 16.9. The smallest absolute Gasteiger partial charge is 0.223 e. The summed E-state index contributed by atoms with van der Waals surface area (Å²) < 4.78 is 32.5. The van der Waals surface area contributed by atoms with Crippen molar-refractivity contribution in [2.75, 3.05) is 44.7 Å². The lowest BCUT2D eigenvalue weighted by Gasteiger charge is -2.35. The number of nitrogens with two attached hydrogens (primary N) is 1. The molecule has 0 saturated carbocycles. The largest absolute Gasteiger partial charge is 0.481 e. The first-order valence-corrected chi connectivity index (χ1v) is 10.2. The van der Waals surface area contributed by atoms with Crippen LogP contribution in [0.5, 0.6) is 5.88 Å². The zero-order valence-electron chi connectivity index (χ0n) is 16.1. The van der Waals surface area contributed by atoms with Crippen molar-refractivity contribution in [3.05, 3.63) is 41.5 Å². The number of nitrogens with zero attached hydrogens (tertiary/aromatic N) is 4. The molecule has 0 aliphatic carbocycles. The van der Waals surface area contributed by atoms with Crippen molar-refractivity contribution in [1.29, 1.82) is 0 Å². The highest BCUT2D eigenvalue weighted by atomic mass is 32.2. The molecule has 0 spiro atoms. The van der Waals surface area contributed by atoms with Gasteiger partial charge in [-0.15, -0.1) is 0 Å². The highest BCUT2D eigenvalue weighted by molar-refractivity contribution is 7.98. The summed E-state index contributed by atoms with van der Waals surface area (Å²) in [7, 11) is 1.51. The number of hydrogen-bond donors (Lipinski definition) is 1. The van der Waals surface area contributed by atoms with E-state index in [0.717, 1.165) is 6.07 Å². The van der Waals surface area contributed by atoms with E-state index in [1.54, 1.807) is 11.0 Å². The first-order chi connectivity index (χ1) is 14.0. The Labute approximate surface area is 172 Å². The number of ether oxygens (including phenoxy) is 1. The van der Waals surface area contributed by atoms with Crippen molar-refractivity contribution in [2.24, 2.45) is 5.73 Å². The molecule has 10 heteroatoms. The average Bonchev–Trinajstić information content (AvgIpc) is 2.75. The molecular weight excluding hydrogens is 400 g/mol. The van der Waals surface area contributed by atoms with E-state index in [2.05, 4.69) is 9.97 Å². The lowest BCUT2D eigenvalue weighted by Crippen LogP contribution is -2.49. The van der Waals surface area contributed by atoms with Crippen LogP contribution in [0.25, 0.3) is 0 Å². The van der Waals surface area contributed by atoms with Gasteiger partial charge in [0.05, 0.1) is 7.11 Å². The number of aromatic nitrogens is 2. The van der Waals surface area contributed by atoms with Gasteiger partial charge in [0.25, 0.3) is 0 Å². The molecule has 7 nitrogen and oxygen atoms in total. The summed E-state index contributed by atoms with van der Waals surface area (Å²) in [4.78, 5) is 24.7. The van der Waals surface area contributed by atoms with Crippen molar-refractivity contribution < 1.29 is 18.3 Å². The number of rotatable bonds is 7. The van der Waals surface area contributed by atoms with Gasteiger partial charge in [-0.25, -0.2) is 13.8 Å². The van der Waals surface area contributed by atoms with Crippen LogP contribution >= 0.6 is 11.8 Å². The van der Waals surface area contributed by atoms with Gasteiger partial charge in [0, 0.05) is 56.5 Å². The van der Waals surface area contributed by atoms with E-state index < -0.39 is 11.6 Å². The number of hydrogen-bond acceptors (Lipinski definition) is 7. The molecule has 2 heterocycles. The molecule has 156 valence electrons. The fourth-order valence-corrected chi connectivity index (χ4v) is 3.81. The predicted molar refractivity (Wildman–Crippen MR) is 107 cm³/mol. The standard InChI is InChI=1S/C19H23F2N5O2S/c1-28-16-11-15(25-7-9-26(10-8-25)17(27)5-6-22)23-19(24-16)29-12-13-3-2-4-14(20)18(13)21/h2-4,11H,5-10,12,22H2,1H3. The van der Waals surface area contributed by atoms with Crippen LogP contribution < -0.4 is 15.4 Å². The van der Waals surface area contributed by atoms with Crippen LogP contribution in [0.2, 0.25) is 0 Å². The monoisotopic (exact) mass is 423 g/mol. The molecule has 2 N–H and O–H groups in total. The van der Waals surface area contributed by atoms with Gasteiger partial charge in [-0.2, -0.15) is 4.98 Å². The lowest BCUT2D eigenvalue weighted by atomic mass is 10.2. The van der Waals surface area contributed by atoms with Gasteiger partial charge in [-0.1, -0.05) is 23.9 Å². The third-order valence-electron chi connectivity index (χ3n) is 4.58. The third-order valence-corrected chi connectivity index (χ3v) is 5.48. The highest BCUT2D eigenvalue weighted by Gasteiger charge is 2.22. The Morgan fingerprint density at radius 3 is 2.69 bits per heavy atom. The van der Waals surface area contributed by atoms with Crippen LogP contribution in [0, 0.1) is 11.6 Å². The summed E-state index contributed by atoms with van der Waals surface area (Å²) in [5.41, 5.74) is 5.70. The summed E-state index contributed by atoms with van der Waals surface area (Å²) >= 11 is 1.20. The van der Waals surface area contributed by atoms with Crippen molar-refractivity contribution in [2.45, 2.75) is 17.3 Å². The number of methoxy groups -OCH3 is 1. The Morgan fingerprint density at radius 2 is 2.00 bits per heavy atom. The van der Waals surface area contributed by atoms with Gasteiger partial charge in [0.15, 0.2) is 16.8 Å². The molecule has 1 aromatic heterocycles. The number of carbonyl (C=O) groups is 1. The first-order valence-electron chi connectivity index (χ1n) is 9.23. The Bertz CT molecular complexity index is 862. The number of amides is 1. The quantitative estimate of drug-likeness (QED) is 0.539. The normalized spacial score (nSPS) is 14.2. The van der Waals surface area contributed by atoms with Gasteiger partial charge in [-0.05, 0) is 6.07 Å². The van der Waals surface area contributed by atoms with Gasteiger partial charge >= 0.3 is 0 Å². The van der Waals surface area contributed by atoms with Crippen LogP contribution in [0.3, 0.4) is 0 Å². The second-order valence-corrected chi connectivity index (χ2v) is 7.40. The number of thioether (sulfide) groups is 1. The molecule has 1 amide bonds. The molecule has 1 aliphatic rings. The number of benzene rings is 1. The molecule has 0 atom stereocenters. The summed E-state index contributed by atoms with van der Waals surface area (Å²) in [6.45, 7) is 2.76. The molecule has 3 rings (SSSR count). The van der Waals surface area contributed by atoms with Crippen molar-refractivity contribution in [1.82, 2.24) is 14.9 Å². The maximum Gasteiger partial charge on any atom is 0.223 e. The van der Waals surface area contributed by atoms with Crippen LogP contribution in [0.1, 0.15) is 12.0 Å². The van der Waals surface area contributed by atoms with E-state index in [1.807, 2.05) is 4.90 Å². The molecule has 1 aliphatic heterocycles. The van der Waals surface area contributed by atoms with E-state index in [0.29, 0.717) is 56.0 Å². The SMILES string of the molecule is COc1cc(N2CCN(C(=O)CCN)CC2)nc(SCc2cccc(F)c2F)n1. The maximum absolute atomic E-state index is 13.9. The summed E-state index contributed by atoms with van der Waals surface area (Å²) in [6.07, 6.45) is 0.346. The minimum atomic E-state index is -0.877. The van der Waals surface area contributed by atoms with Crippen LogP contribution in [-0.2, 0) is 10.5 Å². The number of halogens is 2. The molecule has 0 radical (unpaired) electrons. The Hall–Kier alpha value is -2.46. The second-order valence-electron chi connectivity index (χ2n) is 6.46. The topological polar surface area (TPSA) is 84.6 Å². The number of piperazine rings is 1. The first kappa shape index (κ1) is 21.3. The Morgan fingerprint density at radius 1 is 1.24 bits per heavy atom. The fraction of sp³-hybridized carbons (Fsp3) is 0.421. The van der Waals surface area contributed by atoms with Crippen LogP contribution in [0.4, 0.5) is 14.6 Å². The van der Waals surface area contributed by atoms with E-state index in [-0.39, 0.29) is 17.2 Å². The van der Waals surface area contributed by atoms with E-state index in [4.69, 9.17) is 10.5 Å². The van der Waals surface area contributed by atoms with Gasteiger partial charge in [0.2, 0.25) is 11.8 Å². The molecule has 1 saturated heterocycles. The van der Waals surface area contributed by atoms with E-state index in [9.17, 15) is 13.6 Å². The third kappa shape index (κ3) is 5.33. The maximum atomic E-state index is 13.9. The zero-order chi connectivity index (χ0) is 20.8. The molecule has 1 aromatic carbocycles. The Balaban J connectivity index is 1.69.